The van der Waals surface area contributed by atoms with Crippen molar-refractivity contribution in [2.75, 3.05) is 0 Å². The molecule has 2 heteroatoms. The van der Waals surface area contributed by atoms with Gasteiger partial charge in [-0.05, 0) is 6.07 Å². The maximum Gasteiger partial charge on any atom is 0.0974 e. The third-order valence-electron chi connectivity index (χ3n) is 1.32. The SMILES string of the molecule is C[Si](C)(C)/C=C/c1ccoc1. The molecular formula is C9H14OSi. The quantitative estimate of drug-likeness (QED) is 0.615. The summed E-state index contributed by atoms with van der Waals surface area (Å²) in [6.07, 6.45) is 5.59. The fraction of sp³-hybridized carbons (Fsp3) is 0.333. The van der Waals surface area contributed by atoms with Crippen LogP contribution in [-0.4, -0.2) is 8.07 Å². The zero-order valence-electron chi connectivity index (χ0n) is 7.29. The maximum atomic E-state index is 4.94. The molecule has 0 amide bonds. The Morgan fingerprint density at radius 2 is 2.09 bits per heavy atom. The molecule has 0 aromatic carbocycles. The molecule has 0 N–H and O–H groups in total. The fourth-order valence-electron chi connectivity index (χ4n) is 0.716. The molecule has 0 atom stereocenters. The van der Waals surface area contributed by atoms with E-state index in [0.29, 0.717) is 0 Å². The average Bonchev–Trinajstić information content (AvgIpc) is 2.32. The van der Waals surface area contributed by atoms with Gasteiger partial charge >= 0.3 is 0 Å². The Balaban J connectivity index is 2.63. The molecular weight excluding hydrogens is 152 g/mol. The van der Waals surface area contributed by atoms with Crippen molar-refractivity contribution in [3.63, 3.8) is 0 Å². The number of furan rings is 1. The summed E-state index contributed by atoms with van der Waals surface area (Å²) in [5, 5.41) is 0. The van der Waals surface area contributed by atoms with Crippen molar-refractivity contribution in [3.8, 4) is 0 Å². The Hall–Kier alpha value is -0.763. The first-order chi connectivity index (χ1) is 5.08. The van der Waals surface area contributed by atoms with Crippen molar-refractivity contribution in [3.05, 3.63) is 29.9 Å². The van der Waals surface area contributed by atoms with E-state index in [1.165, 1.54) is 0 Å². The molecule has 0 radical (unpaired) electrons. The van der Waals surface area contributed by atoms with E-state index in [4.69, 9.17) is 4.42 Å². The maximum absolute atomic E-state index is 4.94. The Morgan fingerprint density at radius 3 is 2.55 bits per heavy atom. The van der Waals surface area contributed by atoms with Crippen LogP contribution in [0.4, 0.5) is 0 Å². The highest BCUT2D eigenvalue weighted by Gasteiger charge is 2.06. The highest BCUT2D eigenvalue weighted by atomic mass is 28.3. The summed E-state index contributed by atoms with van der Waals surface area (Å²) in [6.45, 7) is 6.93. The summed E-state index contributed by atoms with van der Waals surface area (Å²) in [7, 11) is -1.04. The van der Waals surface area contributed by atoms with Crippen molar-refractivity contribution in [1.82, 2.24) is 0 Å². The smallest absolute Gasteiger partial charge is 0.0974 e. The second kappa shape index (κ2) is 3.09. The van der Waals surface area contributed by atoms with Crippen LogP contribution < -0.4 is 0 Å². The average molecular weight is 166 g/mol. The van der Waals surface area contributed by atoms with E-state index in [1.54, 1.807) is 12.5 Å². The van der Waals surface area contributed by atoms with Crippen LogP contribution in [0.25, 0.3) is 6.08 Å². The lowest BCUT2D eigenvalue weighted by molar-refractivity contribution is 0.567. The summed E-state index contributed by atoms with van der Waals surface area (Å²) >= 11 is 0. The highest BCUT2D eigenvalue weighted by molar-refractivity contribution is 6.81. The molecule has 0 aliphatic heterocycles. The largest absolute Gasteiger partial charge is 0.472 e. The molecule has 0 spiro atoms. The first-order valence-electron chi connectivity index (χ1n) is 3.79. The fourth-order valence-corrected chi connectivity index (χ4v) is 1.41. The van der Waals surface area contributed by atoms with Gasteiger partial charge in [-0.25, -0.2) is 0 Å². The number of hydrogen-bond donors (Lipinski definition) is 0. The Bertz CT molecular complexity index is 229. The zero-order valence-corrected chi connectivity index (χ0v) is 8.29. The minimum Gasteiger partial charge on any atom is -0.472 e. The van der Waals surface area contributed by atoms with E-state index in [1.807, 2.05) is 6.07 Å². The van der Waals surface area contributed by atoms with Crippen molar-refractivity contribution in [2.45, 2.75) is 19.6 Å². The molecule has 11 heavy (non-hydrogen) atoms. The van der Waals surface area contributed by atoms with Gasteiger partial charge in [0.25, 0.3) is 0 Å². The predicted molar refractivity (Wildman–Crippen MR) is 51.1 cm³/mol. The Kier molecular flexibility index (Phi) is 2.34. The lowest BCUT2D eigenvalue weighted by Crippen LogP contribution is -2.14. The summed E-state index contributed by atoms with van der Waals surface area (Å²) in [5.41, 5.74) is 3.46. The van der Waals surface area contributed by atoms with Crippen LogP contribution in [0.15, 0.2) is 28.7 Å². The van der Waals surface area contributed by atoms with Crippen LogP contribution in [0.5, 0.6) is 0 Å². The molecule has 0 aliphatic carbocycles. The summed E-state index contributed by atoms with van der Waals surface area (Å²) in [4.78, 5) is 0. The monoisotopic (exact) mass is 166 g/mol. The first-order valence-corrected chi connectivity index (χ1v) is 7.37. The Labute approximate surface area is 68.7 Å². The van der Waals surface area contributed by atoms with Gasteiger partial charge in [-0.2, -0.15) is 0 Å². The molecule has 1 aromatic rings. The van der Waals surface area contributed by atoms with Crippen LogP contribution in [0.3, 0.4) is 0 Å². The van der Waals surface area contributed by atoms with E-state index in [0.717, 1.165) is 5.56 Å². The van der Waals surface area contributed by atoms with Gasteiger partial charge < -0.3 is 4.42 Å². The van der Waals surface area contributed by atoms with Gasteiger partial charge in [0, 0.05) is 5.56 Å². The van der Waals surface area contributed by atoms with Gasteiger partial charge in [0.05, 0.1) is 20.6 Å². The molecule has 60 valence electrons. The summed E-state index contributed by atoms with van der Waals surface area (Å²) < 4.78 is 4.94. The van der Waals surface area contributed by atoms with Gasteiger partial charge in [-0.3, -0.25) is 0 Å². The van der Waals surface area contributed by atoms with Crippen molar-refractivity contribution in [2.24, 2.45) is 0 Å². The van der Waals surface area contributed by atoms with Crippen LogP contribution in [0.2, 0.25) is 19.6 Å². The molecule has 0 bridgehead atoms. The van der Waals surface area contributed by atoms with Gasteiger partial charge in [0.2, 0.25) is 0 Å². The second-order valence-electron chi connectivity index (χ2n) is 3.76. The zero-order chi connectivity index (χ0) is 8.32. The molecule has 0 aliphatic rings. The normalized spacial score (nSPS) is 12.6. The van der Waals surface area contributed by atoms with E-state index < -0.39 is 8.07 Å². The summed E-state index contributed by atoms with van der Waals surface area (Å²) in [6, 6.07) is 1.97. The van der Waals surface area contributed by atoms with E-state index in [9.17, 15) is 0 Å². The molecule has 0 saturated carbocycles. The van der Waals surface area contributed by atoms with E-state index in [-0.39, 0.29) is 0 Å². The van der Waals surface area contributed by atoms with Gasteiger partial charge in [-0.1, -0.05) is 31.4 Å². The lowest BCUT2D eigenvalue weighted by Gasteiger charge is -2.06. The van der Waals surface area contributed by atoms with Crippen LogP contribution >= 0.6 is 0 Å². The minimum atomic E-state index is -1.04. The summed E-state index contributed by atoms with van der Waals surface area (Å²) in [5.74, 6) is 0. The lowest BCUT2D eigenvalue weighted by atomic mass is 10.3. The van der Waals surface area contributed by atoms with Gasteiger partial charge in [0.15, 0.2) is 0 Å². The van der Waals surface area contributed by atoms with E-state index >= 15 is 0 Å². The minimum absolute atomic E-state index is 1.04. The standard InChI is InChI=1S/C9H14OSi/c1-11(2,3)7-5-9-4-6-10-8-9/h4-8H,1-3H3/b7-5+. The molecule has 1 rings (SSSR count). The third-order valence-corrected chi connectivity index (χ3v) is 2.49. The molecule has 1 aromatic heterocycles. The van der Waals surface area contributed by atoms with Crippen LogP contribution in [0, 0.1) is 0 Å². The molecule has 0 saturated heterocycles. The second-order valence-corrected chi connectivity index (χ2v) is 8.82. The number of rotatable bonds is 2. The predicted octanol–water partition coefficient (Wildman–Crippen LogP) is 3.17. The first kappa shape index (κ1) is 8.33. The topological polar surface area (TPSA) is 13.1 Å². The molecule has 0 fully saturated rings. The van der Waals surface area contributed by atoms with Crippen molar-refractivity contribution in [1.29, 1.82) is 0 Å². The van der Waals surface area contributed by atoms with Crippen molar-refractivity contribution < 1.29 is 4.42 Å². The van der Waals surface area contributed by atoms with Crippen LogP contribution in [-0.2, 0) is 0 Å². The van der Waals surface area contributed by atoms with Gasteiger partial charge in [-0.15, -0.1) is 0 Å². The van der Waals surface area contributed by atoms with Crippen molar-refractivity contribution >= 4 is 14.1 Å². The van der Waals surface area contributed by atoms with Gasteiger partial charge in [0.1, 0.15) is 0 Å². The molecule has 0 unspecified atom stereocenters. The van der Waals surface area contributed by atoms with Crippen LogP contribution in [0.1, 0.15) is 5.56 Å². The molecule has 1 heterocycles. The third kappa shape index (κ3) is 3.23. The highest BCUT2D eigenvalue weighted by Crippen LogP contribution is 2.08. The Morgan fingerprint density at radius 1 is 1.36 bits per heavy atom. The van der Waals surface area contributed by atoms with E-state index in [2.05, 4.69) is 31.4 Å². The molecule has 1 nitrogen and oxygen atoms in total. The number of hydrogen-bond acceptors (Lipinski definition) is 1.